The van der Waals surface area contributed by atoms with Crippen LogP contribution in [0.2, 0.25) is 0 Å². The van der Waals surface area contributed by atoms with Crippen LogP contribution >= 0.6 is 15.9 Å². The first-order valence-corrected chi connectivity index (χ1v) is 6.33. The molecule has 0 radical (unpaired) electrons. The van der Waals surface area contributed by atoms with Crippen molar-refractivity contribution in [3.05, 3.63) is 28.0 Å². The summed E-state index contributed by atoms with van der Waals surface area (Å²) in [5, 5.41) is 8.74. The Morgan fingerprint density at radius 2 is 2.07 bits per heavy atom. The molecule has 0 aliphatic heterocycles. The fourth-order valence-corrected chi connectivity index (χ4v) is 3.25. The number of sulfone groups is 1. The summed E-state index contributed by atoms with van der Waals surface area (Å²) in [4.78, 5) is -0.380. The fourth-order valence-electron chi connectivity index (χ4n) is 1.06. The van der Waals surface area contributed by atoms with E-state index in [1.54, 1.807) is 0 Å². The third-order valence-electron chi connectivity index (χ3n) is 1.61. The number of hydrogen-bond acceptors (Lipinski definition) is 3. The molecule has 0 saturated heterocycles. The van der Waals surface area contributed by atoms with Gasteiger partial charge in [-0.3, -0.25) is 0 Å². The molecule has 1 rings (SSSR count). The molecule has 0 spiro atoms. The van der Waals surface area contributed by atoms with Crippen molar-refractivity contribution in [3.63, 3.8) is 0 Å². The Bertz CT molecular complexity index is 433. The summed E-state index contributed by atoms with van der Waals surface area (Å²) < 4.78 is 35.7. The monoisotopic (exact) mass is 282 g/mol. The summed E-state index contributed by atoms with van der Waals surface area (Å²) in [5.74, 6) is -0.856. The van der Waals surface area contributed by atoms with E-state index in [1.165, 1.54) is 6.07 Å². The predicted octanol–water partition coefficient (Wildman–Crippen LogP) is 1.48. The van der Waals surface area contributed by atoms with Gasteiger partial charge in [-0.05, 0) is 33.6 Å². The zero-order chi connectivity index (χ0) is 10.9. The molecule has 78 valence electrons. The molecule has 0 fully saturated rings. The topological polar surface area (TPSA) is 54.4 Å². The molecule has 3 nitrogen and oxygen atoms in total. The van der Waals surface area contributed by atoms with E-state index < -0.39 is 15.7 Å². The number of benzene rings is 1. The highest BCUT2D eigenvalue weighted by Gasteiger charge is 2.18. The van der Waals surface area contributed by atoms with Crippen LogP contribution in [0.4, 0.5) is 4.39 Å². The maximum Gasteiger partial charge on any atom is 0.179 e. The summed E-state index contributed by atoms with van der Waals surface area (Å²) in [6, 6.07) is 2.38. The molecule has 0 amide bonds. The normalized spacial score (nSPS) is 11.7. The summed E-state index contributed by atoms with van der Waals surface area (Å²) >= 11 is 2.94. The van der Waals surface area contributed by atoms with Crippen LogP contribution in [0.25, 0.3) is 0 Å². The SMILES string of the molecule is CS(=O)(=O)c1c(F)cc(CO)cc1Br. The van der Waals surface area contributed by atoms with E-state index >= 15 is 0 Å². The summed E-state index contributed by atoms with van der Waals surface area (Å²) in [7, 11) is -3.59. The number of hydrogen-bond donors (Lipinski definition) is 1. The lowest BCUT2D eigenvalue weighted by atomic mass is 10.2. The molecule has 6 heteroatoms. The minimum Gasteiger partial charge on any atom is -0.392 e. The van der Waals surface area contributed by atoms with Crippen LogP contribution in [-0.4, -0.2) is 19.8 Å². The third kappa shape index (κ3) is 2.31. The Morgan fingerprint density at radius 3 is 2.43 bits per heavy atom. The van der Waals surface area contributed by atoms with E-state index in [0.717, 1.165) is 12.3 Å². The Labute approximate surface area is 89.6 Å². The second kappa shape index (κ2) is 3.96. The van der Waals surface area contributed by atoms with Gasteiger partial charge in [0, 0.05) is 10.7 Å². The quantitative estimate of drug-likeness (QED) is 0.894. The van der Waals surface area contributed by atoms with Gasteiger partial charge in [0.1, 0.15) is 10.7 Å². The molecule has 1 aromatic rings. The highest BCUT2D eigenvalue weighted by molar-refractivity contribution is 9.10. The Balaban J connectivity index is 3.48. The standard InChI is InChI=1S/C8H8BrFO3S/c1-14(12,13)8-6(9)2-5(4-11)3-7(8)10/h2-3,11H,4H2,1H3. The van der Waals surface area contributed by atoms with E-state index in [4.69, 9.17) is 5.11 Å². The van der Waals surface area contributed by atoms with Crippen LogP contribution in [0.1, 0.15) is 5.56 Å². The van der Waals surface area contributed by atoms with E-state index in [1.807, 2.05) is 0 Å². The summed E-state index contributed by atoms with van der Waals surface area (Å²) in [6.45, 7) is -0.334. The van der Waals surface area contributed by atoms with Gasteiger partial charge in [0.15, 0.2) is 9.84 Å². The van der Waals surface area contributed by atoms with Crippen molar-refractivity contribution in [2.75, 3.05) is 6.26 Å². The summed E-state index contributed by atoms with van der Waals surface area (Å²) in [6.07, 6.45) is 0.925. The fraction of sp³-hybridized carbons (Fsp3) is 0.250. The van der Waals surface area contributed by atoms with Gasteiger partial charge in [-0.25, -0.2) is 12.8 Å². The molecule has 0 aliphatic rings. The largest absolute Gasteiger partial charge is 0.392 e. The zero-order valence-electron chi connectivity index (χ0n) is 7.29. The molecule has 0 bridgehead atoms. The van der Waals surface area contributed by atoms with E-state index in [9.17, 15) is 12.8 Å². The van der Waals surface area contributed by atoms with Crippen LogP contribution in [0.3, 0.4) is 0 Å². The van der Waals surface area contributed by atoms with Crippen molar-refractivity contribution in [3.8, 4) is 0 Å². The van der Waals surface area contributed by atoms with E-state index in [0.29, 0.717) is 5.56 Å². The van der Waals surface area contributed by atoms with Gasteiger partial charge >= 0.3 is 0 Å². The molecule has 0 saturated carbocycles. The molecular weight excluding hydrogens is 275 g/mol. The van der Waals surface area contributed by atoms with Crippen molar-refractivity contribution >= 4 is 25.8 Å². The molecule has 0 heterocycles. The van der Waals surface area contributed by atoms with Gasteiger partial charge in [0.2, 0.25) is 0 Å². The van der Waals surface area contributed by atoms with Crippen LogP contribution < -0.4 is 0 Å². The Kier molecular flexibility index (Phi) is 3.28. The van der Waals surface area contributed by atoms with Crippen LogP contribution in [0.15, 0.2) is 21.5 Å². The Hall–Kier alpha value is -0.460. The molecule has 1 aromatic carbocycles. The van der Waals surface area contributed by atoms with E-state index in [-0.39, 0.29) is 16.0 Å². The lowest BCUT2D eigenvalue weighted by Gasteiger charge is -2.05. The first-order chi connectivity index (χ1) is 6.36. The number of aliphatic hydroxyl groups is 1. The predicted molar refractivity (Wildman–Crippen MR) is 53.1 cm³/mol. The smallest absolute Gasteiger partial charge is 0.179 e. The van der Waals surface area contributed by atoms with Gasteiger partial charge in [-0.15, -0.1) is 0 Å². The number of rotatable bonds is 2. The van der Waals surface area contributed by atoms with Crippen molar-refractivity contribution in [1.82, 2.24) is 0 Å². The van der Waals surface area contributed by atoms with Gasteiger partial charge in [-0.2, -0.15) is 0 Å². The maximum absolute atomic E-state index is 13.3. The molecule has 0 aromatic heterocycles. The number of aliphatic hydroxyl groups excluding tert-OH is 1. The van der Waals surface area contributed by atoms with Crippen LogP contribution in [-0.2, 0) is 16.4 Å². The van der Waals surface area contributed by atoms with Crippen molar-refractivity contribution in [1.29, 1.82) is 0 Å². The molecular formula is C8H8BrFO3S. The lowest BCUT2D eigenvalue weighted by molar-refractivity contribution is 0.281. The average molecular weight is 283 g/mol. The average Bonchev–Trinajstić information content (AvgIpc) is 1.99. The summed E-state index contributed by atoms with van der Waals surface area (Å²) in [5.41, 5.74) is 0.321. The highest BCUT2D eigenvalue weighted by atomic mass is 79.9. The van der Waals surface area contributed by atoms with Crippen molar-refractivity contribution in [2.45, 2.75) is 11.5 Å². The lowest BCUT2D eigenvalue weighted by Crippen LogP contribution is -2.03. The zero-order valence-corrected chi connectivity index (χ0v) is 9.69. The molecule has 0 unspecified atom stereocenters. The maximum atomic E-state index is 13.3. The first kappa shape index (κ1) is 11.6. The number of halogens is 2. The van der Waals surface area contributed by atoms with Gasteiger partial charge in [-0.1, -0.05) is 0 Å². The molecule has 0 aliphatic carbocycles. The molecule has 1 N–H and O–H groups in total. The first-order valence-electron chi connectivity index (χ1n) is 3.65. The highest BCUT2D eigenvalue weighted by Crippen LogP contribution is 2.26. The minimum atomic E-state index is -3.59. The van der Waals surface area contributed by atoms with Crippen molar-refractivity contribution in [2.24, 2.45) is 0 Å². The van der Waals surface area contributed by atoms with Crippen molar-refractivity contribution < 1.29 is 17.9 Å². The Morgan fingerprint density at radius 1 is 1.50 bits per heavy atom. The molecule has 14 heavy (non-hydrogen) atoms. The second-order valence-corrected chi connectivity index (χ2v) is 5.63. The second-order valence-electron chi connectivity index (χ2n) is 2.82. The van der Waals surface area contributed by atoms with E-state index in [2.05, 4.69) is 15.9 Å². The minimum absolute atomic E-state index is 0.129. The third-order valence-corrected chi connectivity index (χ3v) is 3.66. The van der Waals surface area contributed by atoms with Gasteiger partial charge in [0.25, 0.3) is 0 Å². The van der Waals surface area contributed by atoms with Gasteiger partial charge in [0.05, 0.1) is 6.61 Å². The van der Waals surface area contributed by atoms with Gasteiger partial charge < -0.3 is 5.11 Å². The molecule has 0 atom stereocenters. The van der Waals surface area contributed by atoms with Crippen LogP contribution in [0, 0.1) is 5.82 Å². The van der Waals surface area contributed by atoms with Crippen LogP contribution in [0.5, 0.6) is 0 Å².